The van der Waals surface area contributed by atoms with E-state index < -0.39 is 30.3 Å². The first-order chi connectivity index (χ1) is 18.3. The molecule has 38 heavy (non-hydrogen) atoms. The maximum absolute atomic E-state index is 12.0. The van der Waals surface area contributed by atoms with Crippen LogP contribution in [0.25, 0.3) is 0 Å². The Morgan fingerprint density at radius 3 is 1.84 bits per heavy atom. The summed E-state index contributed by atoms with van der Waals surface area (Å²) in [6.45, 7) is 0.378. The van der Waals surface area contributed by atoms with Crippen LogP contribution in [-0.4, -0.2) is 65.0 Å². The highest BCUT2D eigenvalue weighted by atomic mass is 16.5. The number of rotatable bonds is 13. The third-order valence-electron chi connectivity index (χ3n) is 5.67. The summed E-state index contributed by atoms with van der Waals surface area (Å²) < 4.78 is 9.82. The average molecular weight is 524 g/mol. The van der Waals surface area contributed by atoms with Crippen LogP contribution >= 0.6 is 0 Å². The van der Waals surface area contributed by atoms with E-state index in [4.69, 9.17) is 16.2 Å². The largest absolute Gasteiger partial charge is 0.478 e. The van der Waals surface area contributed by atoms with Crippen LogP contribution in [0.5, 0.6) is 5.88 Å². The molecule has 204 valence electrons. The first kappa shape index (κ1) is 30.6. The number of aliphatic hydroxyl groups excluding tert-OH is 2. The number of ketones is 1. The lowest BCUT2D eigenvalue weighted by Gasteiger charge is -2.18. The van der Waals surface area contributed by atoms with Gasteiger partial charge in [-0.1, -0.05) is 66.7 Å². The minimum Gasteiger partial charge on any atom is -0.478 e. The van der Waals surface area contributed by atoms with Gasteiger partial charge < -0.3 is 31.2 Å². The highest BCUT2D eigenvalue weighted by molar-refractivity contribution is 5.83. The Morgan fingerprint density at radius 1 is 0.816 bits per heavy atom. The van der Waals surface area contributed by atoms with Gasteiger partial charge >= 0.3 is 5.97 Å². The van der Waals surface area contributed by atoms with E-state index in [0.717, 1.165) is 11.1 Å². The number of hydrogen-bond donors (Lipinski definition) is 4. The number of aliphatic hydroxyl groups is 2. The van der Waals surface area contributed by atoms with Gasteiger partial charge in [-0.15, -0.1) is 0 Å². The summed E-state index contributed by atoms with van der Waals surface area (Å²) in [5, 5.41) is 19.5. The number of aromatic nitrogens is 1. The fourth-order valence-corrected chi connectivity index (χ4v) is 3.53. The Morgan fingerprint density at radius 2 is 1.34 bits per heavy atom. The molecule has 0 aliphatic carbocycles. The number of esters is 1. The van der Waals surface area contributed by atoms with Crippen LogP contribution in [0.15, 0.2) is 85.1 Å². The van der Waals surface area contributed by atoms with Gasteiger partial charge in [-0.05, 0) is 36.5 Å². The Kier molecular flexibility index (Phi) is 13.7. The number of ether oxygens (including phenoxy) is 2. The normalized spacial score (nSPS) is 13.7. The summed E-state index contributed by atoms with van der Waals surface area (Å²) in [6, 6.07) is 23.2. The Balaban J connectivity index is 0.000000293. The smallest absolute Gasteiger partial charge is 0.336 e. The molecule has 0 bridgehead atoms. The van der Waals surface area contributed by atoms with Crippen LogP contribution in [0.1, 0.15) is 24.0 Å². The van der Waals surface area contributed by atoms with Gasteiger partial charge in [0.05, 0.1) is 13.7 Å². The van der Waals surface area contributed by atoms with E-state index in [0.29, 0.717) is 31.7 Å². The number of carbonyl (C=O) groups excluding carboxylic acids is 2. The number of methoxy groups -OCH3 is 1. The standard InChI is InChI=1S/C18H22N2O3.C11H15NO3/c19-15(13-14-7-2-1-3-8-14)18(22)16(21)9-6-12-23-17-10-4-5-11-20-17;1-15-11(14)10(13)9(12)7-8-5-3-2-4-6-8/h1-5,7-8,10-11,15,18,22H,6,9,12-13,19H2;2-6,9-10,13H,7,12H2,1H3/t;9?,10-/m.1/s1. The number of hydrogen-bond acceptors (Lipinski definition) is 9. The SMILES string of the molecule is COC(=O)[C@H](O)C(N)Cc1ccccc1.NC(Cc1ccccc1)C(O)C(=O)CCCOc1ccccn1. The summed E-state index contributed by atoms with van der Waals surface area (Å²) in [6.07, 6.45) is 0.892. The van der Waals surface area contributed by atoms with Crippen molar-refractivity contribution in [2.45, 2.75) is 50.0 Å². The lowest BCUT2D eigenvalue weighted by atomic mass is 9.97. The van der Waals surface area contributed by atoms with E-state index in [-0.39, 0.29) is 12.2 Å². The van der Waals surface area contributed by atoms with Crippen molar-refractivity contribution in [1.82, 2.24) is 4.98 Å². The Bertz CT molecular complexity index is 1070. The summed E-state index contributed by atoms with van der Waals surface area (Å²) in [7, 11) is 1.22. The Labute approximate surface area is 223 Å². The molecule has 9 heteroatoms. The molecular weight excluding hydrogens is 486 g/mol. The van der Waals surface area contributed by atoms with Crippen LogP contribution in [0.4, 0.5) is 0 Å². The molecule has 1 aromatic heterocycles. The minimum atomic E-state index is -1.27. The average Bonchev–Trinajstić information content (AvgIpc) is 2.95. The predicted octanol–water partition coefficient (Wildman–Crippen LogP) is 1.83. The summed E-state index contributed by atoms with van der Waals surface area (Å²) in [5.41, 5.74) is 13.6. The topological polar surface area (TPSA) is 158 Å². The van der Waals surface area contributed by atoms with Crippen molar-refractivity contribution >= 4 is 11.8 Å². The van der Waals surface area contributed by atoms with E-state index in [1.807, 2.05) is 66.7 Å². The molecule has 9 nitrogen and oxygen atoms in total. The molecule has 0 spiro atoms. The second kappa shape index (κ2) is 17.0. The molecule has 0 saturated carbocycles. The first-order valence-corrected chi connectivity index (χ1v) is 12.4. The highest BCUT2D eigenvalue weighted by Crippen LogP contribution is 2.09. The van der Waals surface area contributed by atoms with Crippen LogP contribution < -0.4 is 16.2 Å². The van der Waals surface area contributed by atoms with Crippen molar-refractivity contribution < 1.29 is 29.3 Å². The zero-order valence-electron chi connectivity index (χ0n) is 21.6. The second-order valence-electron chi connectivity index (χ2n) is 8.71. The number of nitrogens with two attached hydrogens (primary N) is 2. The van der Waals surface area contributed by atoms with E-state index >= 15 is 0 Å². The van der Waals surface area contributed by atoms with Gasteiger partial charge in [0.15, 0.2) is 11.9 Å². The second-order valence-corrected chi connectivity index (χ2v) is 8.71. The molecule has 3 unspecified atom stereocenters. The van der Waals surface area contributed by atoms with Gasteiger partial charge in [-0.3, -0.25) is 4.79 Å². The van der Waals surface area contributed by atoms with Gasteiger partial charge in [0.2, 0.25) is 5.88 Å². The summed E-state index contributed by atoms with van der Waals surface area (Å²) >= 11 is 0. The number of benzene rings is 2. The molecule has 1 heterocycles. The zero-order chi connectivity index (χ0) is 27.8. The van der Waals surface area contributed by atoms with Gasteiger partial charge in [0.1, 0.15) is 6.10 Å². The van der Waals surface area contributed by atoms with E-state index in [9.17, 15) is 19.8 Å². The van der Waals surface area contributed by atoms with Crippen molar-refractivity contribution in [2.75, 3.05) is 13.7 Å². The van der Waals surface area contributed by atoms with Gasteiger partial charge in [-0.25, -0.2) is 9.78 Å². The van der Waals surface area contributed by atoms with E-state index in [1.54, 1.807) is 18.3 Å². The maximum Gasteiger partial charge on any atom is 0.336 e. The monoisotopic (exact) mass is 523 g/mol. The predicted molar refractivity (Wildman–Crippen MR) is 144 cm³/mol. The molecule has 0 aliphatic heterocycles. The van der Waals surface area contributed by atoms with Gasteiger partial charge in [0, 0.05) is 30.8 Å². The lowest BCUT2D eigenvalue weighted by Crippen LogP contribution is -2.42. The van der Waals surface area contributed by atoms with Crippen molar-refractivity contribution in [2.24, 2.45) is 11.5 Å². The third kappa shape index (κ3) is 11.2. The van der Waals surface area contributed by atoms with Crippen LogP contribution in [-0.2, 0) is 27.2 Å². The molecule has 0 radical (unpaired) electrons. The van der Waals surface area contributed by atoms with E-state index in [2.05, 4.69) is 9.72 Å². The minimum absolute atomic E-state index is 0.233. The number of Topliss-reactive ketones (excluding diaryl/α,β-unsaturated/α-hetero) is 1. The molecule has 3 rings (SSSR count). The molecule has 2 aromatic carbocycles. The first-order valence-electron chi connectivity index (χ1n) is 12.4. The molecular formula is C29H37N3O6. The fourth-order valence-electron chi connectivity index (χ4n) is 3.53. The van der Waals surface area contributed by atoms with Crippen molar-refractivity contribution in [3.63, 3.8) is 0 Å². The third-order valence-corrected chi connectivity index (χ3v) is 5.67. The fraction of sp³-hybridized carbons (Fsp3) is 0.345. The van der Waals surface area contributed by atoms with Crippen molar-refractivity contribution in [3.05, 3.63) is 96.2 Å². The molecule has 0 amide bonds. The van der Waals surface area contributed by atoms with Crippen LogP contribution in [0.2, 0.25) is 0 Å². The van der Waals surface area contributed by atoms with Crippen LogP contribution in [0, 0.1) is 0 Å². The molecule has 0 saturated heterocycles. The number of carbonyl (C=O) groups is 2. The van der Waals surface area contributed by atoms with Crippen LogP contribution in [0.3, 0.4) is 0 Å². The summed E-state index contributed by atoms with van der Waals surface area (Å²) in [4.78, 5) is 27.0. The van der Waals surface area contributed by atoms with Crippen molar-refractivity contribution in [3.8, 4) is 5.88 Å². The number of pyridine rings is 1. The lowest BCUT2D eigenvalue weighted by molar-refractivity contribution is -0.151. The van der Waals surface area contributed by atoms with Crippen molar-refractivity contribution in [1.29, 1.82) is 0 Å². The molecule has 0 aliphatic rings. The zero-order valence-corrected chi connectivity index (χ0v) is 21.6. The number of nitrogens with zero attached hydrogens (tertiary/aromatic N) is 1. The quantitative estimate of drug-likeness (QED) is 0.194. The Hall–Kier alpha value is -3.63. The molecule has 6 N–H and O–H groups in total. The molecule has 4 atom stereocenters. The highest BCUT2D eigenvalue weighted by Gasteiger charge is 2.24. The van der Waals surface area contributed by atoms with Gasteiger partial charge in [-0.2, -0.15) is 0 Å². The molecule has 0 fully saturated rings. The maximum atomic E-state index is 12.0. The molecule has 3 aromatic rings. The summed E-state index contributed by atoms with van der Waals surface area (Å²) in [5.74, 6) is -0.419. The van der Waals surface area contributed by atoms with Gasteiger partial charge in [0.25, 0.3) is 0 Å². The van der Waals surface area contributed by atoms with E-state index in [1.165, 1.54) is 7.11 Å².